The number of carbonyl (C=O) groups is 2. The van der Waals surface area contributed by atoms with E-state index in [2.05, 4.69) is 24.3 Å². The molecule has 162 valence electrons. The first-order valence-electron chi connectivity index (χ1n) is 11.4. The standard InChI is InChI=1S/C28H28N2O2/c31-26(29-18-16-23(20-29)22-10-4-1-5-11-22)21-30-19-17-28(27(30)32,24-12-6-2-7-13-24)25-14-8-3-9-15-25/h1-15,23H,16-21H2. The van der Waals surface area contributed by atoms with Gasteiger partial charge in [-0.05, 0) is 29.5 Å². The molecule has 4 nitrogen and oxygen atoms in total. The maximum absolute atomic E-state index is 13.8. The molecule has 0 radical (unpaired) electrons. The van der Waals surface area contributed by atoms with Crippen molar-refractivity contribution in [2.75, 3.05) is 26.2 Å². The highest BCUT2D eigenvalue weighted by atomic mass is 16.2. The van der Waals surface area contributed by atoms with Gasteiger partial charge in [-0.25, -0.2) is 0 Å². The van der Waals surface area contributed by atoms with Crippen LogP contribution < -0.4 is 0 Å². The predicted octanol–water partition coefficient (Wildman–Crippen LogP) is 4.22. The summed E-state index contributed by atoms with van der Waals surface area (Å²) in [5.74, 6) is 0.456. The third-order valence-corrected chi connectivity index (χ3v) is 7.08. The lowest BCUT2D eigenvalue weighted by molar-refractivity contribution is -0.139. The van der Waals surface area contributed by atoms with Crippen molar-refractivity contribution in [3.63, 3.8) is 0 Å². The summed E-state index contributed by atoms with van der Waals surface area (Å²) in [6.45, 7) is 2.22. The van der Waals surface area contributed by atoms with Crippen LogP contribution in [0.5, 0.6) is 0 Å². The molecule has 5 rings (SSSR count). The molecule has 2 aliphatic heterocycles. The van der Waals surface area contributed by atoms with Crippen LogP contribution in [-0.2, 0) is 15.0 Å². The lowest BCUT2D eigenvalue weighted by Gasteiger charge is -2.29. The topological polar surface area (TPSA) is 40.6 Å². The Morgan fingerprint density at radius 3 is 1.97 bits per heavy atom. The first-order chi connectivity index (χ1) is 15.7. The second-order valence-corrected chi connectivity index (χ2v) is 8.85. The van der Waals surface area contributed by atoms with Crippen LogP contribution in [0.1, 0.15) is 35.4 Å². The third-order valence-electron chi connectivity index (χ3n) is 7.08. The van der Waals surface area contributed by atoms with E-state index in [1.807, 2.05) is 71.6 Å². The Balaban J connectivity index is 1.34. The van der Waals surface area contributed by atoms with Crippen LogP contribution in [0.2, 0.25) is 0 Å². The van der Waals surface area contributed by atoms with Crippen molar-refractivity contribution < 1.29 is 9.59 Å². The van der Waals surface area contributed by atoms with E-state index >= 15 is 0 Å². The fourth-order valence-corrected chi connectivity index (χ4v) is 5.33. The van der Waals surface area contributed by atoms with E-state index in [1.165, 1.54) is 5.56 Å². The number of hydrogen-bond donors (Lipinski definition) is 0. The Morgan fingerprint density at radius 1 is 0.812 bits per heavy atom. The van der Waals surface area contributed by atoms with Crippen molar-refractivity contribution in [1.29, 1.82) is 0 Å². The molecule has 0 aromatic heterocycles. The number of hydrogen-bond acceptors (Lipinski definition) is 2. The molecule has 0 saturated carbocycles. The van der Waals surface area contributed by atoms with Gasteiger partial charge in [0.25, 0.3) is 0 Å². The van der Waals surface area contributed by atoms with Crippen molar-refractivity contribution in [3.8, 4) is 0 Å². The summed E-state index contributed by atoms with van der Waals surface area (Å²) in [6, 6.07) is 30.4. The van der Waals surface area contributed by atoms with Gasteiger partial charge >= 0.3 is 0 Å². The molecule has 2 fully saturated rings. The molecule has 4 heteroatoms. The molecule has 3 aromatic rings. The fourth-order valence-electron chi connectivity index (χ4n) is 5.33. The first kappa shape index (κ1) is 20.5. The Morgan fingerprint density at radius 2 is 1.38 bits per heavy atom. The molecule has 1 unspecified atom stereocenters. The molecule has 2 saturated heterocycles. The maximum atomic E-state index is 13.8. The molecule has 0 spiro atoms. The van der Waals surface area contributed by atoms with Crippen LogP contribution in [0.3, 0.4) is 0 Å². The minimum absolute atomic E-state index is 0.0297. The Labute approximate surface area is 189 Å². The summed E-state index contributed by atoms with van der Waals surface area (Å²) >= 11 is 0. The van der Waals surface area contributed by atoms with Crippen molar-refractivity contribution >= 4 is 11.8 Å². The molecular formula is C28H28N2O2. The van der Waals surface area contributed by atoms with Gasteiger partial charge in [-0.3, -0.25) is 9.59 Å². The van der Waals surface area contributed by atoms with E-state index < -0.39 is 5.41 Å². The minimum atomic E-state index is -0.722. The van der Waals surface area contributed by atoms with Gasteiger partial charge in [-0.1, -0.05) is 91.0 Å². The quantitative estimate of drug-likeness (QED) is 0.615. The normalized spacial score (nSPS) is 20.0. The zero-order valence-corrected chi connectivity index (χ0v) is 18.2. The van der Waals surface area contributed by atoms with Crippen LogP contribution in [0, 0.1) is 0 Å². The molecule has 2 heterocycles. The van der Waals surface area contributed by atoms with Crippen LogP contribution in [0.25, 0.3) is 0 Å². The Bertz CT molecular complexity index is 1040. The molecule has 2 amide bonds. The van der Waals surface area contributed by atoms with Gasteiger partial charge in [0, 0.05) is 25.6 Å². The summed E-state index contributed by atoms with van der Waals surface area (Å²) in [4.78, 5) is 30.6. The highest BCUT2D eigenvalue weighted by molar-refractivity contribution is 5.96. The maximum Gasteiger partial charge on any atom is 0.242 e. The van der Waals surface area contributed by atoms with Crippen molar-refractivity contribution in [1.82, 2.24) is 9.80 Å². The van der Waals surface area contributed by atoms with Crippen LogP contribution >= 0.6 is 0 Å². The predicted molar refractivity (Wildman–Crippen MR) is 125 cm³/mol. The van der Waals surface area contributed by atoms with Gasteiger partial charge in [0.05, 0.1) is 6.54 Å². The van der Waals surface area contributed by atoms with Gasteiger partial charge in [0.1, 0.15) is 5.41 Å². The SMILES string of the molecule is O=C(CN1CCC(c2ccccc2)(c2ccccc2)C1=O)N1CCC(c2ccccc2)C1. The molecule has 0 bridgehead atoms. The molecule has 0 N–H and O–H groups in total. The summed E-state index contributed by atoms with van der Waals surface area (Å²) in [7, 11) is 0. The number of likely N-dealkylation sites (tertiary alicyclic amines) is 2. The molecule has 32 heavy (non-hydrogen) atoms. The van der Waals surface area contributed by atoms with Gasteiger partial charge < -0.3 is 9.80 Å². The number of amides is 2. The van der Waals surface area contributed by atoms with Crippen LogP contribution in [0.15, 0.2) is 91.0 Å². The molecule has 0 aliphatic carbocycles. The van der Waals surface area contributed by atoms with Crippen LogP contribution in [-0.4, -0.2) is 47.8 Å². The van der Waals surface area contributed by atoms with Crippen molar-refractivity contribution in [2.24, 2.45) is 0 Å². The van der Waals surface area contributed by atoms with Crippen molar-refractivity contribution in [3.05, 3.63) is 108 Å². The molecule has 1 atom stereocenters. The lowest BCUT2D eigenvalue weighted by atomic mass is 9.73. The Kier molecular flexibility index (Phi) is 5.52. The highest BCUT2D eigenvalue weighted by Crippen LogP contribution is 2.42. The van der Waals surface area contributed by atoms with Gasteiger partial charge in [0.15, 0.2) is 0 Å². The first-order valence-corrected chi connectivity index (χ1v) is 11.4. The average Bonchev–Trinajstić information content (AvgIpc) is 3.47. The smallest absolute Gasteiger partial charge is 0.242 e. The fraction of sp³-hybridized carbons (Fsp3) is 0.286. The van der Waals surface area contributed by atoms with Gasteiger partial charge in [0.2, 0.25) is 11.8 Å². The van der Waals surface area contributed by atoms with Gasteiger partial charge in [-0.15, -0.1) is 0 Å². The minimum Gasteiger partial charge on any atom is -0.341 e. The van der Waals surface area contributed by atoms with E-state index in [1.54, 1.807) is 4.90 Å². The highest BCUT2D eigenvalue weighted by Gasteiger charge is 2.49. The van der Waals surface area contributed by atoms with Crippen molar-refractivity contribution in [2.45, 2.75) is 24.2 Å². The lowest BCUT2D eigenvalue weighted by Crippen LogP contribution is -2.44. The molecule has 2 aliphatic rings. The zero-order valence-electron chi connectivity index (χ0n) is 18.2. The van der Waals surface area contributed by atoms with Gasteiger partial charge in [-0.2, -0.15) is 0 Å². The van der Waals surface area contributed by atoms with E-state index in [-0.39, 0.29) is 18.4 Å². The number of nitrogens with zero attached hydrogens (tertiary/aromatic N) is 2. The van der Waals surface area contributed by atoms with E-state index in [0.29, 0.717) is 18.9 Å². The molecule has 3 aromatic carbocycles. The zero-order chi connectivity index (χ0) is 22.0. The number of carbonyl (C=O) groups excluding carboxylic acids is 2. The molecular weight excluding hydrogens is 396 g/mol. The monoisotopic (exact) mass is 424 g/mol. The average molecular weight is 425 g/mol. The summed E-state index contributed by atoms with van der Waals surface area (Å²) in [6.07, 6.45) is 1.65. The second-order valence-electron chi connectivity index (χ2n) is 8.85. The van der Waals surface area contributed by atoms with E-state index in [9.17, 15) is 9.59 Å². The Hall–Kier alpha value is -3.40. The number of benzene rings is 3. The van der Waals surface area contributed by atoms with E-state index in [4.69, 9.17) is 0 Å². The summed E-state index contributed by atoms with van der Waals surface area (Å²) < 4.78 is 0. The summed E-state index contributed by atoms with van der Waals surface area (Å²) in [5.41, 5.74) is 2.56. The second kappa shape index (κ2) is 8.62. The van der Waals surface area contributed by atoms with Crippen LogP contribution in [0.4, 0.5) is 0 Å². The summed E-state index contributed by atoms with van der Waals surface area (Å²) in [5, 5.41) is 0. The number of rotatable bonds is 5. The van der Waals surface area contributed by atoms with E-state index in [0.717, 1.165) is 30.6 Å². The largest absolute Gasteiger partial charge is 0.341 e. The third kappa shape index (κ3) is 3.60.